The van der Waals surface area contributed by atoms with E-state index >= 15 is 0 Å². The summed E-state index contributed by atoms with van der Waals surface area (Å²) in [7, 11) is -2.77. The molecule has 0 rings (SSSR count). The third kappa shape index (κ3) is 8.59. The van der Waals surface area contributed by atoms with Gasteiger partial charge in [0.1, 0.15) is 0 Å². The number of hydrogen-bond donors (Lipinski definition) is 1. The van der Waals surface area contributed by atoms with Gasteiger partial charge in [-0.1, -0.05) is 6.92 Å². The van der Waals surface area contributed by atoms with Crippen LogP contribution >= 0.6 is 11.8 Å². The smallest absolute Gasteiger partial charge is 0.150 e. The van der Waals surface area contributed by atoms with Crippen molar-refractivity contribution < 1.29 is 8.42 Å². The summed E-state index contributed by atoms with van der Waals surface area (Å²) in [6, 6.07) is 0.218. The van der Waals surface area contributed by atoms with Crippen molar-refractivity contribution in [3.8, 4) is 0 Å². The highest BCUT2D eigenvalue weighted by molar-refractivity contribution is 8.00. The van der Waals surface area contributed by atoms with Crippen LogP contribution in [0.4, 0.5) is 0 Å². The number of nitrogens with two attached hydrogens (primary N) is 1. The number of sulfone groups is 1. The normalized spacial score (nSPS) is 14.4. The summed E-state index contributed by atoms with van der Waals surface area (Å²) in [6.07, 6.45) is 0.955. The van der Waals surface area contributed by atoms with Crippen LogP contribution in [0.1, 0.15) is 20.3 Å². The van der Waals surface area contributed by atoms with Crippen LogP contribution in [0.25, 0.3) is 0 Å². The molecule has 0 aliphatic heterocycles. The summed E-state index contributed by atoms with van der Waals surface area (Å²) < 4.78 is 22.1. The largest absolute Gasteiger partial charge is 0.328 e. The van der Waals surface area contributed by atoms with E-state index in [-0.39, 0.29) is 11.8 Å². The molecule has 1 unspecified atom stereocenters. The second-order valence-electron chi connectivity index (χ2n) is 3.11. The standard InChI is InChI=1S/C8H19NO2S2/c1-3-13(10,11)7-6-12-5-4-8(2)9/h8H,3-7,9H2,1-2H3. The van der Waals surface area contributed by atoms with E-state index in [1.807, 2.05) is 6.92 Å². The van der Waals surface area contributed by atoms with Crippen LogP contribution in [0.5, 0.6) is 0 Å². The molecule has 5 heteroatoms. The Hall–Kier alpha value is 0.260. The van der Waals surface area contributed by atoms with Crippen molar-refractivity contribution in [3.63, 3.8) is 0 Å². The third-order valence-electron chi connectivity index (χ3n) is 1.70. The van der Waals surface area contributed by atoms with Crippen molar-refractivity contribution in [3.05, 3.63) is 0 Å². The summed E-state index contributed by atoms with van der Waals surface area (Å²) in [5, 5.41) is 0. The fourth-order valence-corrected chi connectivity index (χ4v) is 3.22. The molecule has 2 N–H and O–H groups in total. The average molecular weight is 225 g/mol. The predicted octanol–water partition coefficient (Wildman–Crippen LogP) is 0.892. The third-order valence-corrected chi connectivity index (χ3v) is 4.68. The van der Waals surface area contributed by atoms with Gasteiger partial charge in [0.05, 0.1) is 5.75 Å². The molecule has 3 nitrogen and oxygen atoms in total. The maximum Gasteiger partial charge on any atom is 0.150 e. The van der Waals surface area contributed by atoms with Crippen molar-refractivity contribution in [1.82, 2.24) is 0 Å². The molecule has 1 atom stereocenters. The molecule has 80 valence electrons. The Bertz CT molecular complexity index is 212. The van der Waals surface area contributed by atoms with E-state index in [0.29, 0.717) is 11.5 Å². The molecular weight excluding hydrogens is 206 g/mol. The zero-order valence-corrected chi connectivity index (χ0v) is 9.96. The highest BCUT2D eigenvalue weighted by Crippen LogP contribution is 2.05. The Kier molecular flexibility index (Phi) is 6.81. The molecule has 0 aromatic carbocycles. The van der Waals surface area contributed by atoms with E-state index in [0.717, 1.165) is 12.2 Å². The van der Waals surface area contributed by atoms with Gasteiger partial charge in [0.25, 0.3) is 0 Å². The Labute approximate surface area is 85.4 Å². The molecule has 0 bridgehead atoms. The predicted molar refractivity (Wildman–Crippen MR) is 59.9 cm³/mol. The molecule has 0 aliphatic carbocycles. The first kappa shape index (κ1) is 13.3. The molecular formula is C8H19NO2S2. The molecule has 13 heavy (non-hydrogen) atoms. The van der Waals surface area contributed by atoms with Gasteiger partial charge in [0, 0.05) is 17.5 Å². The lowest BCUT2D eigenvalue weighted by atomic mass is 10.3. The van der Waals surface area contributed by atoms with Crippen LogP contribution in [0.2, 0.25) is 0 Å². The molecule has 0 aliphatic rings. The summed E-state index contributed by atoms with van der Waals surface area (Å²) in [5.41, 5.74) is 5.56. The summed E-state index contributed by atoms with van der Waals surface area (Å²) in [4.78, 5) is 0. The maximum atomic E-state index is 11.1. The Morgan fingerprint density at radius 3 is 2.46 bits per heavy atom. The first-order valence-corrected chi connectivity index (χ1v) is 7.49. The highest BCUT2D eigenvalue weighted by atomic mass is 32.2. The van der Waals surface area contributed by atoms with Crippen LogP contribution in [0.15, 0.2) is 0 Å². The van der Waals surface area contributed by atoms with E-state index in [1.165, 1.54) is 0 Å². The molecule has 0 saturated heterocycles. The summed E-state index contributed by atoms with van der Waals surface area (Å²) >= 11 is 1.66. The SMILES string of the molecule is CCS(=O)(=O)CCSCCC(C)N. The number of hydrogen-bond acceptors (Lipinski definition) is 4. The van der Waals surface area contributed by atoms with Crippen LogP contribution in [-0.2, 0) is 9.84 Å². The minimum atomic E-state index is -2.77. The maximum absolute atomic E-state index is 11.1. The Morgan fingerprint density at radius 2 is 2.00 bits per heavy atom. The first-order valence-electron chi connectivity index (χ1n) is 4.51. The second kappa shape index (κ2) is 6.68. The van der Waals surface area contributed by atoms with Gasteiger partial charge in [-0.15, -0.1) is 0 Å². The van der Waals surface area contributed by atoms with E-state index < -0.39 is 9.84 Å². The quantitative estimate of drug-likeness (QED) is 0.654. The Morgan fingerprint density at radius 1 is 1.38 bits per heavy atom. The fourth-order valence-electron chi connectivity index (χ4n) is 0.702. The topological polar surface area (TPSA) is 60.2 Å². The van der Waals surface area contributed by atoms with Crippen LogP contribution < -0.4 is 5.73 Å². The van der Waals surface area contributed by atoms with Crippen molar-refractivity contribution in [2.75, 3.05) is 23.0 Å². The molecule has 0 spiro atoms. The van der Waals surface area contributed by atoms with Gasteiger partial charge in [-0.2, -0.15) is 11.8 Å². The highest BCUT2D eigenvalue weighted by Gasteiger charge is 2.06. The lowest BCUT2D eigenvalue weighted by molar-refractivity contribution is 0.599. The van der Waals surface area contributed by atoms with Crippen molar-refractivity contribution in [1.29, 1.82) is 0 Å². The van der Waals surface area contributed by atoms with Crippen molar-refractivity contribution in [2.24, 2.45) is 5.73 Å². The zero-order chi connectivity index (χ0) is 10.3. The Balaban J connectivity index is 3.37. The molecule has 0 fully saturated rings. The first-order chi connectivity index (χ1) is 5.98. The molecule has 0 saturated carbocycles. The zero-order valence-electron chi connectivity index (χ0n) is 8.32. The van der Waals surface area contributed by atoms with Crippen molar-refractivity contribution in [2.45, 2.75) is 26.3 Å². The lowest BCUT2D eigenvalue weighted by Crippen LogP contribution is -2.16. The number of rotatable bonds is 7. The van der Waals surface area contributed by atoms with E-state index in [1.54, 1.807) is 18.7 Å². The van der Waals surface area contributed by atoms with Crippen molar-refractivity contribution >= 4 is 21.6 Å². The van der Waals surface area contributed by atoms with Crippen LogP contribution in [0.3, 0.4) is 0 Å². The van der Waals surface area contributed by atoms with Crippen LogP contribution in [0, 0.1) is 0 Å². The fraction of sp³-hybridized carbons (Fsp3) is 1.00. The molecule has 0 amide bonds. The van der Waals surface area contributed by atoms with E-state index in [4.69, 9.17) is 5.73 Å². The van der Waals surface area contributed by atoms with E-state index in [2.05, 4.69) is 0 Å². The molecule has 0 aromatic rings. The van der Waals surface area contributed by atoms with Gasteiger partial charge < -0.3 is 5.73 Å². The molecule has 0 radical (unpaired) electrons. The lowest BCUT2D eigenvalue weighted by Gasteiger charge is -2.04. The van der Waals surface area contributed by atoms with Gasteiger partial charge in [-0.05, 0) is 19.1 Å². The van der Waals surface area contributed by atoms with Gasteiger partial charge in [0.15, 0.2) is 9.84 Å². The van der Waals surface area contributed by atoms with Gasteiger partial charge in [0.2, 0.25) is 0 Å². The van der Waals surface area contributed by atoms with Gasteiger partial charge in [-0.25, -0.2) is 8.42 Å². The summed E-state index contributed by atoms with van der Waals surface area (Å²) in [6.45, 7) is 3.64. The van der Waals surface area contributed by atoms with Gasteiger partial charge >= 0.3 is 0 Å². The summed E-state index contributed by atoms with van der Waals surface area (Å²) in [5.74, 6) is 2.20. The minimum Gasteiger partial charge on any atom is -0.328 e. The number of thioether (sulfide) groups is 1. The molecule has 0 heterocycles. The second-order valence-corrected chi connectivity index (χ2v) is 6.81. The molecule has 0 aromatic heterocycles. The minimum absolute atomic E-state index is 0.218. The average Bonchev–Trinajstić information content (AvgIpc) is 2.03. The monoisotopic (exact) mass is 225 g/mol. The van der Waals surface area contributed by atoms with E-state index in [9.17, 15) is 8.42 Å². The van der Waals surface area contributed by atoms with Gasteiger partial charge in [-0.3, -0.25) is 0 Å². The van der Waals surface area contributed by atoms with Crippen LogP contribution in [-0.4, -0.2) is 37.5 Å².